The highest BCUT2D eigenvalue weighted by atomic mass is 35.5. The van der Waals surface area contributed by atoms with Crippen molar-refractivity contribution in [1.29, 1.82) is 0 Å². The molecule has 0 bridgehead atoms. The summed E-state index contributed by atoms with van der Waals surface area (Å²) >= 11 is 9.35. The number of para-hydroxylation sites is 1. The molecule has 0 aliphatic heterocycles. The Hall–Kier alpha value is -2.35. The zero-order chi connectivity index (χ0) is 20.9. The molecule has 2 aromatic carbocycles. The van der Waals surface area contributed by atoms with Crippen LogP contribution in [0.15, 0.2) is 66.1 Å². The summed E-state index contributed by atoms with van der Waals surface area (Å²) in [5, 5.41) is 1.30. The number of anilines is 1. The van der Waals surface area contributed by atoms with Crippen molar-refractivity contribution in [1.82, 2.24) is 14.5 Å². The van der Waals surface area contributed by atoms with E-state index in [-0.39, 0.29) is 5.91 Å². The summed E-state index contributed by atoms with van der Waals surface area (Å²) in [4.78, 5) is 24.8. The van der Waals surface area contributed by atoms with E-state index >= 15 is 0 Å². The van der Waals surface area contributed by atoms with Gasteiger partial charge in [-0.2, -0.15) is 0 Å². The van der Waals surface area contributed by atoms with Crippen LogP contribution in [0.2, 0.25) is 5.02 Å². The minimum Gasteiger partial charge on any atom is -0.337 e. The van der Waals surface area contributed by atoms with Gasteiger partial charge in [0, 0.05) is 30.4 Å². The standard InChI is InChI=1S/C22H21ClN4OS2/c1-16-6-8-17(9-7-16)29-14-20(28)27(12-3-11-26-13-10-24-15-26)22-25-21-18(23)4-2-5-19(21)30-22/h2,4-10,13,15H,3,11-12,14H2,1H3. The van der Waals surface area contributed by atoms with Gasteiger partial charge in [-0.05, 0) is 37.6 Å². The zero-order valence-electron chi connectivity index (χ0n) is 16.5. The van der Waals surface area contributed by atoms with Gasteiger partial charge in [0.05, 0.1) is 21.8 Å². The lowest BCUT2D eigenvalue weighted by Gasteiger charge is -2.20. The van der Waals surface area contributed by atoms with E-state index in [2.05, 4.69) is 29.0 Å². The molecule has 0 fully saturated rings. The second-order valence-corrected chi connectivity index (χ2v) is 9.35. The number of halogens is 1. The lowest BCUT2D eigenvalue weighted by atomic mass is 10.2. The number of hydrogen-bond donors (Lipinski definition) is 0. The van der Waals surface area contributed by atoms with Gasteiger partial charge in [0.1, 0.15) is 5.52 Å². The van der Waals surface area contributed by atoms with Crippen molar-refractivity contribution in [3.63, 3.8) is 0 Å². The number of carbonyl (C=O) groups excluding carboxylic acids is 1. The van der Waals surface area contributed by atoms with E-state index in [1.54, 1.807) is 29.2 Å². The molecule has 8 heteroatoms. The molecule has 0 unspecified atom stereocenters. The van der Waals surface area contributed by atoms with Gasteiger partial charge in [0.15, 0.2) is 5.13 Å². The van der Waals surface area contributed by atoms with Crippen LogP contribution in [0.3, 0.4) is 0 Å². The van der Waals surface area contributed by atoms with Crippen LogP contribution in [-0.2, 0) is 11.3 Å². The van der Waals surface area contributed by atoms with E-state index in [0.29, 0.717) is 22.5 Å². The molecular weight excluding hydrogens is 436 g/mol. The maximum absolute atomic E-state index is 13.2. The van der Waals surface area contributed by atoms with E-state index in [1.165, 1.54) is 16.9 Å². The maximum atomic E-state index is 13.2. The molecular formula is C22H21ClN4OS2. The molecule has 0 aliphatic rings. The van der Waals surface area contributed by atoms with Crippen molar-refractivity contribution < 1.29 is 4.79 Å². The number of amides is 1. The number of nitrogens with zero attached hydrogens (tertiary/aromatic N) is 4. The Labute approximate surface area is 188 Å². The highest BCUT2D eigenvalue weighted by Crippen LogP contribution is 2.33. The minimum absolute atomic E-state index is 0.0429. The number of imidazole rings is 1. The van der Waals surface area contributed by atoms with E-state index in [1.807, 2.05) is 41.1 Å². The van der Waals surface area contributed by atoms with Crippen molar-refractivity contribution in [3.05, 3.63) is 71.8 Å². The van der Waals surface area contributed by atoms with Crippen LogP contribution in [0.5, 0.6) is 0 Å². The van der Waals surface area contributed by atoms with Crippen LogP contribution >= 0.6 is 34.7 Å². The van der Waals surface area contributed by atoms with Crippen LogP contribution in [-0.4, -0.2) is 32.7 Å². The predicted molar refractivity (Wildman–Crippen MR) is 126 cm³/mol. The lowest BCUT2D eigenvalue weighted by Crippen LogP contribution is -2.33. The molecule has 5 nitrogen and oxygen atoms in total. The summed E-state index contributed by atoms with van der Waals surface area (Å²) in [5.74, 6) is 0.402. The highest BCUT2D eigenvalue weighted by molar-refractivity contribution is 8.00. The molecule has 0 aliphatic carbocycles. The van der Waals surface area contributed by atoms with Gasteiger partial charge in [0.25, 0.3) is 0 Å². The number of benzene rings is 2. The first-order chi connectivity index (χ1) is 14.6. The summed E-state index contributed by atoms with van der Waals surface area (Å²) in [6.07, 6.45) is 6.28. The molecule has 0 spiro atoms. The number of aromatic nitrogens is 3. The Balaban J connectivity index is 1.51. The number of aryl methyl sites for hydroxylation is 2. The molecule has 30 heavy (non-hydrogen) atoms. The van der Waals surface area contributed by atoms with Gasteiger partial charge in [-0.25, -0.2) is 9.97 Å². The smallest absolute Gasteiger partial charge is 0.239 e. The quantitative estimate of drug-likeness (QED) is 0.320. The Morgan fingerprint density at radius 1 is 1.23 bits per heavy atom. The van der Waals surface area contributed by atoms with Gasteiger partial charge in [0.2, 0.25) is 5.91 Å². The van der Waals surface area contributed by atoms with Crippen molar-refractivity contribution in [2.75, 3.05) is 17.2 Å². The molecule has 2 heterocycles. The molecule has 0 saturated carbocycles. The van der Waals surface area contributed by atoms with Crippen molar-refractivity contribution in [2.24, 2.45) is 0 Å². The van der Waals surface area contributed by atoms with Crippen molar-refractivity contribution in [3.8, 4) is 0 Å². The third-order valence-electron chi connectivity index (χ3n) is 4.63. The molecule has 2 aromatic heterocycles. The SMILES string of the molecule is Cc1ccc(SCC(=O)N(CCCn2ccnc2)c2nc3c(Cl)cccc3s2)cc1. The average Bonchev–Trinajstić information content (AvgIpc) is 3.41. The lowest BCUT2D eigenvalue weighted by molar-refractivity contribution is -0.116. The van der Waals surface area contributed by atoms with Gasteiger partial charge in [-0.15, -0.1) is 11.8 Å². The number of thioether (sulfide) groups is 1. The predicted octanol–water partition coefficient (Wildman–Crippen LogP) is 5.67. The largest absolute Gasteiger partial charge is 0.337 e. The maximum Gasteiger partial charge on any atom is 0.239 e. The Morgan fingerprint density at radius 2 is 2.07 bits per heavy atom. The molecule has 0 atom stereocenters. The summed E-state index contributed by atoms with van der Waals surface area (Å²) in [6, 6.07) is 13.9. The fourth-order valence-electron chi connectivity index (χ4n) is 3.03. The topological polar surface area (TPSA) is 51.0 Å². The van der Waals surface area contributed by atoms with Crippen molar-refractivity contribution >= 4 is 56.0 Å². The second-order valence-electron chi connectivity index (χ2n) is 6.88. The number of hydrogen-bond acceptors (Lipinski definition) is 5. The Bertz CT molecular complexity index is 1130. The molecule has 0 radical (unpaired) electrons. The van der Waals surface area contributed by atoms with Gasteiger partial charge < -0.3 is 4.57 Å². The molecule has 1 amide bonds. The second kappa shape index (κ2) is 9.64. The van der Waals surface area contributed by atoms with E-state index in [0.717, 1.165) is 28.1 Å². The highest BCUT2D eigenvalue weighted by Gasteiger charge is 2.20. The Morgan fingerprint density at radius 3 is 2.80 bits per heavy atom. The number of thiazole rings is 1. The van der Waals surface area contributed by atoms with E-state index in [4.69, 9.17) is 11.6 Å². The summed E-state index contributed by atoms with van der Waals surface area (Å²) in [6.45, 7) is 3.43. The van der Waals surface area contributed by atoms with E-state index < -0.39 is 0 Å². The zero-order valence-corrected chi connectivity index (χ0v) is 18.9. The first-order valence-corrected chi connectivity index (χ1v) is 11.8. The van der Waals surface area contributed by atoms with E-state index in [9.17, 15) is 4.79 Å². The number of fused-ring (bicyclic) bond motifs is 1. The summed E-state index contributed by atoms with van der Waals surface area (Å²) in [7, 11) is 0. The third-order valence-corrected chi connectivity index (χ3v) is 6.98. The van der Waals surface area contributed by atoms with Gasteiger partial charge in [-0.3, -0.25) is 9.69 Å². The molecule has 0 saturated heterocycles. The fourth-order valence-corrected chi connectivity index (χ4v) is 5.12. The van der Waals surface area contributed by atoms with Crippen LogP contribution in [0.4, 0.5) is 5.13 Å². The van der Waals surface area contributed by atoms with Crippen LogP contribution in [0.1, 0.15) is 12.0 Å². The molecule has 0 N–H and O–H groups in total. The third kappa shape index (κ3) is 5.03. The van der Waals surface area contributed by atoms with Gasteiger partial charge in [-0.1, -0.05) is 46.7 Å². The van der Waals surface area contributed by atoms with Crippen LogP contribution in [0.25, 0.3) is 10.2 Å². The number of carbonyl (C=O) groups is 1. The molecule has 154 valence electrons. The monoisotopic (exact) mass is 456 g/mol. The average molecular weight is 457 g/mol. The molecule has 4 aromatic rings. The first-order valence-electron chi connectivity index (χ1n) is 9.61. The van der Waals surface area contributed by atoms with Crippen LogP contribution < -0.4 is 4.90 Å². The summed E-state index contributed by atoms with van der Waals surface area (Å²) < 4.78 is 3.00. The number of rotatable bonds is 8. The normalized spacial score (nSPS) is 11.1. The van der Waals surface area contributed by atoms with Crippen molar-refractivity contribution in [2.45, 2.75) is 24.8 Å². The minimum atomic E-state index is 0.0429. The fraction of sp³-hybridized carbons (Fsp3) is 0.227. The Kier molecular flexibility index (Phi) is 6.72. The molecule has 4 rings (SSSR count). The first kappa shape index (κ1) is 20.9. The van der Waals surface area contributed by atoms with Gasteiger partial charge >= 0.3 is 0 Å². The summed E-state index contributed by atoms with van der Waals surface area (Å²) in [5.41, 5.74) is 1.95. The van der Waals surface area contributed by atoms with Crippen LogP contribution in [0, 0.1) is 6.92 Å².